The Bertz CT molecular complexity index is 787. The van der Waals surface area contributed by atoms with Gasteiger partial charge in [-0.1, -0.05) is 29.8 Å². The minimum atomic E-state index is -0.354. The van der Waals surface area contributed by atoms with E-state index in [4.69, 9.17) is 0 Å². The molecule has 1 aliphatic heterocycles. The molecule has 1 aliphatic rings. The van der Waals surface area contributed by atoms with Gasteiger partial charge in [0.1, 0.15) is 5.82 Å². The third kappa shape index (κ3) is 5.16. The second-order valence-corrected chi connectivity index (χ2v) is 7.02. The molecule has 0 N–H and O–H groups in total. The SMILES string of the molecule is Cc1ccc(CCC(=O)N2CCCN(C(=O)c3ccc(F)cc3)CC2)cc1. The Morgan fingerprint density at radius 3 is 2.22 bits per heavy atom. The molecule has 0 radical (unpaired) electrons. The second-order valence-electron chi connectivity index (χ2n) is 7.02. The number of halogens is 1. The van der Waals surface area contributed by atoms with Gasteiger partial charge in [-0.25, -0.2) is 4.39 Å². The Labute approximate surface area is 159 Å². The summed E-state index contributed by atoms with van der Waals surface area (Å²) in [6, 6.07) is 13.9. The summed E-state index contributed by atoms with van der Waals surface area (Å²) >= 11 is 0. The van der Waals surface area contributed by atoms with E-state index in [0.29, 0.717) is 38.2 Å². The molecule has 1 saturated heterocycles. The fourth-order valence-corrected chi connectivity index (χ4v) is 3.31. The van der Waals surface area contributed by atoms with Gasteiger partial charge in [-0.2, -0.15) is 0 Å². The molecule has 0 bridgehead atoms. The minimum absolute atomic E-state index is 0.107. The molecule has 0 aromatic heterocycles. The number of amides is 2. The molecule has 0 unspecified atom stereocenters. The molecule has 142 valence electrons. The van der Waals surface area contributed by atoms with Crippen LogP contribution in [0, 0.1) is 12.7 Å². The number of rotatable bonds is 4. The lowest BCUT2D eigenvalue weighted by Gasteiger charge is -2.22. The summed E-state index contributed by atoms with van der Waals surface area (Å²) < 4.78 is 13.0. The first-order valence-electron chi connectivity index (χ1n) is 9.41. The maximum absolute atomic E-state index is 13.0. The molecule has 2 aromatic rings. The Balaban J connectivity index is 1.52. The lowest BCUT2D eigenvalue weighted by Crippen LogP contribution is -2.37. The maximum Gasteiger partial charge on any atom is 0.253 e. The van der Waals surface area contributed by atoms with Crippen molar-refractivity contribution in [2.75, 3.05) is 26.2 Å². The van der Waals surface area contributed by atoms with Crippen molar-refractivity contribution < 1.29 is 14.0 Å². The van der Waals surface area contributed by atoms with Crippen molar-refractivity contribution in [2.45, 2.75) is 26.2 Å². The van der Waals surface area contributed by atoms with Crippen LogP contribution in [0.15, 0.2) is 48.5 Å². The molecule has 27 heavy (non-hydrogen) atoms. The molecule has 4 nitrogen and oxygen atoms in total. The smallest absolute Gasteiger partial charge is 0.253 e. The highest BCUT2D eigenvalue weighted by Crippen LogP contribution is 2.12. The molecule has 1 heterocycles. The number of benzene rings is 2. The highest BCUT2D eigenvalue weighted by Gasteiger charge is 2.22. The third-order valence-corrected chi connectivity index (χ3v) is 4.98. The molecule has 5 heteroatoms. The number of hydrogen-bond donors (Lipinski definition) is 0. The number of nitrogens with zero attached hydrogens (tertiary/aromatic N) is 2. The Morgan fingerprint density at radius 1 is 0.889 bits per heavy atom. The van der Waals surface area contributed by atoms with Gasteiger partial charge in [0.15, 0.2) is 0 Å². The van der Waals surface area contributed by atoms with Crippen LogP contribution < -0.4 is 0 Å². The summed E-state index contributed by atoms with van der Waals surface area (Å²) in [4.78, 5) is 28.7. The summed E-state index contributed by atoms with van der Waals surface area (Å²) in [5.74, 6) is -0.330. The lowest BCUT2D eigenvalue weighted by molar-refractivity contribution is -0.131. The summed E-state index contributed by atoms with van der Waals surface area (Å²) in [5, 5.41) is 0. The Hall–Kier alpha value is -2.69. The van der Waals surface area contributed by atoms with Crippen molar-refractivity contribution in [1.82, 2.24) is 9.80 Å². The van der Waals surface area contributed by atoms with Crippen molar-refractivity contribution in [3.05, 3.63) is 71.0 Å². The van der Waals surface area contributed by atoms with Gasteiger partial charge in [-0.05, 0) is 49.6 Å². The average molecular weight is 368 g/mol. The molecule has 1 fully saturated rings. The maximum atomic E-state index is 13.0. The van der Waals surface area contributed by atoms with E-state index >= 15 is 0 Å². The van der Waals surface area contributed by atoms with Crippen molar-refractivity contribution in [3.8, 4) is 0 Å². The molecule has 0 atom stereocenters. The zero-order valence-corrected chi connectivity index (χ0v) is 15.7. The van der Waals surface area contributed by atoms with Crippen LogP contribution in [0.3, 0.4) is 0 Å². The molecular formula is C22H25FN2O2. The van der Waals surface area contributed by atoms with E-state index < -0.39 is 0 Å². The quantitative estimate of drug-likeness (QED) is 0.829. The first kappa shape index (κ1) is 19.1. The standard InChI is InChI=1S/C22H25FN2O2/c1-17-3-5-18(6-4-17)7-12-21(26)24-13-2-14-25(16-15-24)22(27)19-8-10-20(23)11-9-19/h3-6,8-11H,2,7,12-16H2,1H3. The summed E-state index contributed by atoms with van der Waals surface area (Å²) in [6.45, 7) is 4.37. The number of carbonyl (C=O) groups excluding carboxylic acids is 2. The largest absolute Gasteiger partial charge is 0.341 e. The fourth-order valence-electron chi connectivity index (χ4n) is 3.31. The van der Waals surface area contributed by atoms with Gasteiger partial charge in [0.2, 0.25) is 5.91 Å². The third-order valence-electron chi connectivity index (χ3n) is 4.98. The van der Waals surface area contributed by atoms with Crippen LogP contribution in [0.5, 0.6) is 0 Å². The monoisotopic (exact) mass is 368 g/mol. The topological polar surface area (TPSA) is 40.6 Å². The van der Waals surface area contributed by atoms with Crippen LogP contribution in [0.1, 0.15) is 34.3 Å². The molecule has 0 saturated carbocycles. The van der Waals surface area contributed by atoms with Crippen LogP contribution in [0.2, 0.25) is 0 Å². The first-order valence-corrected chi connectivity index (χ1v) is 9.41. The predicted molar refractivity (Wildman–Crippen MR) is 103 cm³/mol. The van der Waals surface area contributed by atoms with E-state index in [2.05, 4.69) is 24.3 Å². The highest BCUT2D eigenvalue weighted by atomic mass is 19.1. The molecule has 2 amide bonds. The van der Waals surface area contributed by atoms with Crippen LogP contribution in [-0.2, 0) is 11.2 Å². The van der Waals surface area contributed by atoms with E-state index in [1.54, 1.807) is 4.90 Å². The van der Waals surface area contributed by atoms with E-state index in [9.17, 15) is 14.0 Å². The van der Waals surface area contributed by atoms with Crippen LogP contribution in [0.4, 0.5) is 4.39 Å². The normalized spacial score (nSPS) is 14.7. The van der Waals surface area contributed by atoms with Crippen molar-refractivity contribution in [2.24, 2.45) is 0 Å². The van der Waals surface area contributed by atoms with E-state index in [0.717, 1.165) is 18.4 Å². The van der Waals surface area contributed by atoms with E-state index in [1.807, 2.05) is 11.8 Å². The second kappa shape index (κ2) is 8.80. The minimum Gasteiger partial charge on any atom is -0.341 e. The first-order chi connectivity index (χ1) is 13.0. The Morgan fingerprint density at radius 2 is 1.52 bits per heavy atom. The van der Waals surface area contributed by atoms with Crippen molar-refractivity contribution in [3.63, 3.8) is 0 Å². The number of carbonyl (C=O) groups is 2. The molecule has 0 spiro atoms. The van der Waals surface area contributed by atoms with Gasteiger partial charge in [-0.15, -0.1) is 0 Å². The van der Waals surface area contributed by atoms with Gasteiger partial charge in [0.05, 0.1) is 0 Å². The zero-order valence-electron chi connectivity index (χ0n) is 15.7. The molecule has 3 rings (SSSR count). The summed E-state index contributed by atoms with van der Waals surface area (Å²) in [6.07, 6.45) is 1.96. The van der Waals surface area contributed by atoms with E-state index in [-0.39, 0.29) is 17.6 Å². The fraction of sp³-hybridized carbons (Fsp3) is 0.364. The number of hydrogen-bond acceptors (Lipinski definition) is 2. The predicted octanol–water partition coefficient (Wildman–Crippen LogP) is 3.44. The van der Waals surface area contributed by atoms with Crippen LogP contribution >= 0.6 is 0 Å². The molecule has 0 aliphatic carbocycles. The number of aryl methyl sites for hydroxylation is 2. The molecular weight excluding hydrogens is 343 g/mol. The van der Waals surface area contributed by atoms with Gasteiger partial charge in [0, 0.05) is 38.2 Å². The lowest BCUT2D eigenvalue weighted by atomic mass is 10.1. The van der Waals surface area contributed by atoms with Crippen LogP contribution in [-0.4, -0.2) is 47.8 Å². The zero-order chi connectivity index (χ0) is 19.2. The van der Waals surface area contributed by atoms with Gasteiger partial charge in [-0.3, -0.25) is 9.59 Å². The van der Waals surface area contributed by atoms with Gasteiger partial charge < -0.3 is 9.80 Å². The summed E-state index contributed by atoms with van der Waals surface area (Å²) in [7, 11) is 0. The summed E-state index contributed by atoms with van der Waals surface area (Å²) in [5.41, 5.74) is 2.86. The van der Waals surface area contributed by atoms with Crippen molar-refractivity contribution in [1.29, 1.82) is 0 Å². The molecule has 2 aromatic carbocycles. The van der Waals surface area contributed by atoms with Gasteiger partial charge >= 0.3 is 0 Å². The Kier molecular flexibility index (Phi) is 6.22. The van der Waals surface area contributed by atoms with Gasteiger partial charge in [0.25, 0.3) is 5.91 Å². The van der Waals surface area contributed by atoms with Crippen LogP contribution in [0.25, 0.3) is 0 Å². The highest BCUT2D eigenvalue weighted by molar-refractivity contribution is 5.94. The average Bonchev–Trinajstić information content (AvgIpc) is 2.94. The van der Waals surface area contributed by atoms with Crippen molar-refractivity contribution >= 4 is 11.8 Å². The van der Waals surface area contributed by atoms with E-state index in [1.165, 1.54) is 29.8 Å².